The molecule has 0 aliphatic carbocycles. The summed E-state index contributed by atoms with van der Waals surface area (Å²) in [7, 11) is 1.64. The van der Waals surface area contributed by atoms with Gasteiger partial charge in [0.2, 0.25) is 5.91 Å². The summed E-state index contributed by atoms with van der Waals surface area (Å²) in [5, 5.41) is 0. The number of para-hydroxylation sites is 2. The van der Waals surface area contributed by atoms with Crippen LogP contribution in [0.1, 0.15) is 25.1 Å². The molecule has 1 fully saturated rings. The van der Waals surface area contributed by atoms with Crippen molar-refractivity contribution in [1.29, 1.82) is 0 Å². The molecule has 0 spiro atoms. The van der Waals surface area contributed by atoms with E-state index in [1.807, 2.05) is 54.3 Å². The Kier molecular flexibility index (Phi) is 4.44. The normalized spacial score (nSPS) is 16.9. The highest BCUT2D eigenvalue weighted by Gasteiger charge is 2.34. The summed E-state index contributed by atoms with van der Waals surface area (Å²) in [6.07, 6.45) is 0.464. The fourth-order valence-electron chi connectivity index (χ4n) is 3.73. The van der Waals surface area contributed by atoms with Gasteiger partial charge in [0.25, 0.3) is 0 Å². The molecule has 5 heteroatoms. The van der Waals surface area contributed by atoms with Crippen LogP contribution in [0.15, 0.2) is 60.7 Å². The van der Waals surface area contributed by atoms with E-state index in [1.165, 1.54) is 0 Å². The van der Waals surface area contributed by atoms with E-state index < -0.39 is 0 Å². The number of aromatic nitrogens is 2. The van der Waals surface area contributed by atoms with Crippen LogP contribution in [0.5, 0.6) is 5.75 Å². The Morgan fingerprint density at radius 1 is 1.22 bits per heavy atom. The molecule has 4 rings (SSSR count). The van der Waals surface area contributed by atoms with Gasteiger partial charge in [0.1, 0.15) is 11.6 Å². The predicted octanol–water partition coefficient (Wildman–Crippen LogP) is 4.14. The number of amides is 1. The van der Waals surface area contributed by atoms with Gasteiger partial charge in [-0.3, -0.25) is 4.79 Å². The van der Waals surface area contributed by atoms with Gasteiger partial charge in [-0.1, -0.05) is 24.3 Å². The molecule has 1 atom stereocenters. The Labute approximate surface area is 158 Å². The zero-order chi connectivity index (χ0) is 19.0. The van der Waals surface area contributed by atoms with Crippen molar-refractivity contribution < 1.29 is 9.53 Å². The van der Waals surface area contributed by atoms with Crippen molar-refractivity contribution in [3.8, 4) is 5.75 Å². The summed E-state index contributed by atoms with van der Waals surface area (Å²) in [5.74, 6) is 1.93. The lowest BCUT2D eigenvalue weighted by Crippen LogP contribution is -2.24. The molecule has 2 heterocycles. The summed E-state index contributed by atoms with van der Waals surface area (Å²) in [6.45, 7) is 7.42. The van der Waals surface area contributed by atoms with E-state index in [0.29, 0.717) is 19.5 Å². The number of nitrogens with zero attached hydrogens (tertiary/aromatic N) is 3. The van der Waals surface area contributed by atoms with Gasteiger partial charge in [-0.2, -0.15) is 0 Å². The Balaban J connectivity index is 1.68. The van der Waals surface area contributed by atoms with E-state index in [9.17, 15) is 4.79 Å². The zero-order valence-corrected chi connectivity index (χ0v) is 15.7. The van der Waals surface area contributed by atoms with Crippen LogP contribution < -0.4 is 9.64 Å². The van der Waals surface area contributed by atoms with Crippen LogP contribution in [-0.2, 0) is 11.3 Å². The SMILES string of the molecule is C=C(C)Cn1c(C2CC(=O)N(c3ccc(OC)cc3)C2)nc2ccccc21. The number of anilines is 1. The number of methoxy groups -OCH3 is 1. The van der Waals surface area contributed by atoms with Crippen molar-refractivity contribution in [3.05, 3.63) is 66.5 Å². The fraction of sp³-hybridized carbons (Fsp3) is 0.273. The number of benzene rings is 2. The van der Waals surface area contributed by atoms with Gasteiger partial charge in [-0.05, 0) is 43.3 Å². The molecule has 1 aliphatic heterocycles. The molecule has 5 nitrogen and oxygen atoms in total. The van der Waals surface area contributed by atoms with E-state index in [1.54, 1.807) is 7.11 Å². The third kappa shape index (κ3) is 3.21. The number of carbonyl (C=O) groups is 1. The Morgan fingerprint density at radius 3 is 2.67 bits per heavy atom. The van der Waals surface area contributed by atoms with E-state index >= 15 is 0 Å². The molecule has 138 valence electrons. The standard InChI is InChI=1S/C22H23N3O2/c1-15(2)13-25-20-7-5-4-6-19(20)23-22(25)16-12-21(26)24(14-16)17-8-10-18(27-3)11-9-17/h4-11,16H,1,12-14H2,2-3H3. The van der Waals surface area contributed by atoms with Crippen LogP contribution >= 0.6 is 0 Å². The lowest BCUT2D eigenvalue weighted by Gasteiger charge is -2.18. The van der Waals surface area contributed by atoms with Crippen LogP contribution in [-0.4, -0.2) is 29.1 Å². The van der Waals surface area contributed by atoms with E-state index in [4.69, 9.17) is 9.72 Å². The highest BCUT2D eigenvalue weighted by atomic mass is 16.5. The number of fused-ring (bicyclic) bond motifs is 1. The number of imidazole rings is 1. The largest absolute Gasteiger partial charge is 0.497 e. The number of carbonyl (C=O) groups excluding carboxylic acids is 1. The molecular weight excluding hydrogens is 338 g/mol. The Bertz CT molecular complexity index is 1000. The predicted molar refractivity (Wildman–Crippen MR) is 107 cm³/mol. The molecule has 2 aromatic carbocycles. The molecule has 1 aliphatic rings. The van der Waals surface area contributed by atoms with Gasteiger partial charge in [0, 0.05) is 31.1 Å². The van der Waals surface area contributed by atoms with Crippen LogP contribution in [0.4, 0.5) is 5.69 Å². The van der Waals surface area contributed by atoms with Gasteiger partial charge in [-0.15, -0.1) is 0 Å². The summed E-state index contributed by atoms with van der Waals surface area (Å²) in [6, 6.07) is 15.7. The smallest absolute Gasteiger partial charge is 0.227 e. The monoisotopic (exact) mass is 361 g/mol. The minimum absolute atomic E-state index is 0.0614. The third-order valence-electron chi connectivity index (χ3n) is 4.99. The van der Waals surface area contributed by atoms with Gasteiger partial charge in [-0.25, -0.2) is 4.98 Å². The van der Waals surface area contributed by atoms with Gasteiger partial charge >= 0.3 is 0 Å². The van der Waals surface area contributed by atoms with Crippen molar-refractivity contribution in [2.75, 3.05) is 18.6 Å². The summed E-state index contributed by atoms with van der Waals surface area (Å²) >= 11 is 0. The topological polar surface area (TPSA) is 47.4 Å². The molecular formula is C22H23N3O2. The van der Waals surface area contributed by atoms with Crippen molar-refractivity contribution in [3.63, 3.8) is 0 Å². The maximum Gasteiger partial charge on any atom is 0.227 e. The van der Waals surface area contributed by atoms with E-state index in [0.717, 1.165) is 33.9 Å². The average molecular weight is 361 g/mol. The number of rotatable bonds is 5. The Hall–Kier alpha value is -3.08. The highest BCUT2D eigenvalue weighted by Crippen LogP contribution is 2.34. The van der Waals surface area contributed by atoms with Gasteiger partial charge in [0.05, 0.1) is 18.1 Å². The average Bonchev–Trinajstić information content (AvgIpc) is 3.22. The second-order valence-corrected chi connectivity index (χ2v) is 7.11. The second-order valence-electron chi connectivity index (χ2n) is 7.11. The maximum absolute atomic E-state index is 12.7. The summed E-state index contributed by atoms with van der Waals surface area (Å²) in [4.78, 5) is 19.4. The van der Waals surface area contributed by atoms with Crippen molar-refractivity contribution in [1.82, 2.24) is 9.55 Å². The van der Waals surface area contributed by atoms with Crippen molar-refractivity contribution in [2.45, 2.75) is 25.8 Å². The molecule has 27 heavy (non-hydrogen) atoms. The summed E-state index contributed by atoms with van der Waals surface area (Å²) in [5.41, 5.74) is 4.01. The lowest BCUT2D eigenvalue weighted by atomic mass is 10.1. The third-order valence-corrected chi connectivity index (χ3v) is 4.99. The Morgan fingerprint density at radius 2 is 1.96 bits per heavy atom. The maximum atomic E-state index is 12.7. The van der Waals surface area contributed by atoms with Gasteiger partial charge in [0.15, 0.2) is 0 Å². The minimum Gasteiger partial charge on any atom is -0.497 e. The fourth-order valence-corrected chi connectivity index (χ4v) is 3.73. The first-order chi connectivity index (χ1) is 13.1. The molecule has 3 aromatic rings. The van der Waals surface area contributed by atoms with E-state index in [2.05, 4.69) is 17.2 Å². The molecule has 1 saturated heterocycles. The molecule has 1 unspecified atom stereocenters. The van der Waals surface area contributed by atoms with Gasteiger partial charge < -0.3 is 14.2 Å². The number of hydrogen-bond donors (Lipinski definition) is 0. The lowest BCUT2D eigenvalue weighted by molar-refractivity contribution is -0.117. The minimum atomic E-state index is 0.0614. The second kappa shape index (κ2) is 6.91. The molecule has 1 amide bonds. The highest BCUT2D eigenvalue weighted by molar-refractivity contribution is 5.96. The van der Waals surface area contributed by atoms with Crippen molar-refractivity contribution in [2.24, 2.45) is 0 Å². The first-order valence-corrected chi connectivity index (χ1v) is 9.11. The van der Waals surface area contributed by atoms with Crippen LogP contribution in [0.3, 0.4) is 0 Å². The van der Waals surface area contributed by atoms with Crippen LogP contribution in [0, 0.1) is 0 Å². The van der Waals surface area contributed by atoms with Crippen LogP contribution in [0.2, 0.25) is 0 Å². The quantitative estimate of drug-likeness (QED) is 0.642. The number of ether oxygens (including phenoxy) is 1. The molecule has 0 N–H and O–H groups in total. The molecule has 1 aromatic heterocycles. The van der Waals surface area contributed by atoms with Crippen molar-refractivity contribution >= 4 is 22.6 Å². The molecule has 0 bridgehead atoms. The first-order valence-electron chi connectivity index (χ1n) is 9.11. The number of allylic oxidation sites excluding steroid dienone is 1. The first kappa shape index (κ1) is 17.3. The molecule has 0 saturated carbocycles. The van der Waals surface area contributed by atoms with E-state index in [-0.39, 0.29) is 11.8 Å². The van der Waals surface area contributed by atoms with Crippen LogP contribution in [0.25, 0.3) is 11.0 Å². The number of hydrogen-bond acceptors (Lipinski definition) is 3. The molecule has 0 radical (unpaired) electrons. The summed E-state index contributed by atoms with van der Waals surface area (Å²) < 4.78 is 7.41. The zero-order valence-electron chi connectivity index (χ0n) is 15.7.